The number of thiophene rings is 2. The fraction of sp³-hybridized carbons (Fsp3) is 0.188. The second-order valence-corrected chi connectivity index (χ2v) is 15.8. The Bertz CT molecular complexity index is 1980. The molecule has 6 aromatic rings. The molecule has 7 rings (SSSR count). The highest BCUT2D eigenvalue weighted by molar-refractivity contribution is 8.01. The molecule has 1 fully saturated rings. The van der Waals surface area contributed by atoms with Gasteiger partial charge in [-0.05, 0) is 74.0 Å². The maximum atomic E-state index is 13.2. The molecule has 0 atom stereocenters. The molecule has 2 amide bonds. The highest BCUT2D eigenvalue weighted by Gasteiger charge is 2.52. The van der Waals surface area contributed by atoms with Crippen LogP contribution in [-0.4, -0.2) is 51.7 Å². The molecule has 232 valence electrons. The van der Waals surface area contributed by atoms with Crippen molar-refractivity contribution in [3.63, 3.8) is 0 Å². The van der Waals surface area contributed by atoms with Crippen LogP contribution in [0.4, 0.5) is 11.4 Å². The van der Waals surface area contributed by atoms with Gasteiger partial charge in [0.1, 0.15) is 4.75 Å². The number of H-pyrrole nitrogens is 2. The monoisotopic (exact) mass is 684 g/mol. The van der Waals surface area contributed by atoms with Crippen LogP contribution in [0.5, 0.6) is 0 Å². The SMILES string of the molecule is CC(C)(Sc1n[nH]c(-c2ccsc2)n1)C(=O)Nc1ccc(-c2cc(-c3nc(SC4(C(=O)Nc5ccccc5)CC4)n[nH]3)cs2)cc1. The molecule has 1 aliphatic carbocycles. The number of hydrogen-bond donors (Lipinski definition) is 4. The summed E-state index contributed by atoms with van der Waals surface area (Å²) in [6.45, 7) is 3.71. The molecule has 14 heteroatoms. The van der Waals surface area contributed by atoms with Crippen LogP contribution in [0.2, 0.25) is 0 Å². The third kappa shape index (κ3) is 6.65. The Balaban J connectivity index is 0.957. The third-order valence-electron chi connectivity index (χ3n) is 7.35. The topological polar surface area (TPSA) is 141 Å². The van der Waals surface area contributed by atoms with E-state index in [1.54, 1.807) is 22.7 Å². The van der Waals surface area contributed by atoms with Crippen molar-refractivity contribution >= 4 is 69.4 Å². The van der Waals surface area contributed by atoms with Gasteiger partial charge in [0, 0.05) is 38.1 Å². The lowest BCUT2D eigenvalue weighted by Crippen LogP contribution is -2.34. The number of nitrogens with one attached hydrogen (secondary N) is 4. The number of anilines is 2. The molecule has 4 aromatic heterocycles. The smallest absolute Gasteiger partial charge is 0.241 e. The predicted molar refractivity (Wildman–Crippen MR) is 186 cm³/mol. The molecule has 0 unspecified atom stereocenters. The van der Waals surface area contributed by atoms with E-state index in [0.717, 1.165) is 40.1 Å². The fourth-order valence-electron chi connectivity index (χ4n) is 4.56. The van der Waals surface area contributed by atoms with Gasteiger partial charge in [-0.2, -0.15) is 11.3 Å². The van der Waals surface area contributed by atoms with Gasteiger partial charge in [-0.15, -0.1) is 21.5 Å². The number of benzene rings is 2. The third-order valence-corrected chi connectivity index (χ3v) is 11.4. The summed E-state index contributed by atoms with van der Waals surface area (Å²) >= 11 is 5.90. The molecule has 46 heavy (non-hydrogen) atoms. The van der Waals surface area contributed by atoms with Crippen LogP contribution in [0.15, 0.2) is 93.2 Å². The second kappa shape index (κ2) is 12.5. The minimum Gasteiger partial charge on any atom is -0.325 e. The zero-order chi connectivity index (χ0) is 31.7. The van der Waals surface area contributed by atoms with E-state index >= 15 is 0 Å². The Kier molecular flexibility index (Phi) is 8.27. The number of nitrogens with zero attached hydrogens (tertiary/aromatic N) is 4. The quantitative estimate of drug-likeness (QED) is 0.101. The number of rotatable bonds is 11. The molecule has 0 aliphatic heterocycles. The Morgan fingerprint density at radius 2 is 1.52 bits per heavy atom. The summed E-state index contributed by atoms with van der Waals surface area (Å²) in [5, 5.41) is 27.8. The Labute approximate surface area is 281 Å². The standard InChI is InChI=1S/C32H28N8O2S4/c1-31(2,45-29-35-25(37-39-29)20-12-15-43-17-20)27(41)33-23-10-8-19(9-11-23)24-16-21(18-44-24)26-36-30(40-38-26)46-32(13-14-32)28(42)34-22-6-4-3-5-7-22/h3-12,15-18H,13-14H2,1-2H3,(H,33,41)(H,34,42)(H,35,37,39)(H,36,38,40). The molecule has 4 heterocycles. The van der Waals surface area contributed by atoms with E-state index in [0.29, 0.717) is 27.6 Å². The number of carbonyl (C=O) groups excluding carboxylic acids is 2. The lowest BCUT2D eigenvalue weighted by Gasteiger charge is -2.21. The largest absolute Gasteiger partial charge is 0.325 e. The van der Waals surface area contributed by atoms with E-state index < -0.39 is 9.49 Å². The van der Waals surface area contributed by atoms with E-state index in [-0.39, 0.29) is 11.8 Å². The first-order valence-corrected chi connectivity index (χ1v) is 17.8. The molecule has 2 aromatic carbocycles. The fourth-order valence-corrected chi connectivity index (χ4v) is 7.95. The zero-order valence-corrected chi connectivity index (χ0v) is 28.0. The van der Waals surface area contributed by atoms with Crippen molar-refractivity contribution in [2.24, 2.45) is 0 Å². The van der Waals surface area contributed by atoms with Crippen LogP contribution < -0.4 is 10.6 Å². The molecular weight excluding hydrogens is 657 g/mol. The van der Waals surface area contributed by atoms with Crippen LogP contribution >= 0.6 is 46.2 Å². The number of carbonyl (C=O) groups is 2. The van der Waals surface area contributed by atoms with Crippen LogP contribution in [0.25, 0.3) is 33.2 Å². The summed E-state index contributed by atoms with van der Waals surface area (Å²) in [5.41, 5.74) is 4.40. The van der Waals surface area contributed by atoms with Gasteiger partial charge in [0.25, 0.3) is 0 Å². The van der Waals surface area contributed by atoms with Gasteiger partial charge in [-0.25, -0.2) is 9.97 Å². The van der Waals surface area contributed by atoms with Crippen molar-refractivity contribution in [3.8, 4) is 33.2 Å². The molecule has 0 saturated heterocycles. The molecule has 10 nitrogen and oxygen atoms in total. The van der Waals surface area contributed by atoms with Crippen molar-refractivity contribution in [1.82, 2.24) is 30.4 Å². The van der Waals surface area contributed by atoms with Gasteiger partial charge in [0.15, 0.2) is 11.6 Å². The van der Waals surface area contributed by atoms with Gasteiger partial charge < -0.3 is 10.6 Å². The van der Waals surface area contributed by atoms with Gasteiger partial charge in [-0.1, -0.05) is 53.9 Å². The van der Waals surface area contributed by atoms with Crippen LogP contribution in [0.1, 0.15) is 26.7 Å². The minimum absolute atomic E-state index is 0.0205. The average molecular weight is 685 g/mol. The first kappa shape index (κ1) is 30.4. The average Bonchev–Trinajstić information content (AvgIpc) is 3.61. The molecule has 4 N–H and O–H groups in total. The van der Waals surface area contributed by atoms with Crippen molar-refractivity contribution in [3.05, 3.63) is 82.9 Å². The lowest BCUT2D eigenvalue weighted by atomic mass is 10.1. The molecule has 1 saturated carbocycles. The van der Waals surface area contributed by atoms with E-state index in [9.17, 15) is 9.59 Å². The van der Waals surface area contributed by atoms with Crippen molar-refractivity contribution in [2.75, 3.05) is 10.6 Å². The zero-order valence-electron chi connectivity index (χ0n) is 24.7. The highest BCUT2D eigenvalue weighted by Crippen LogP contribution is 2.51. The molecular formula is C32H28N8O2S4. The first-order chi connectivity index (χ1) is 22.3. The normalized spacial score (nSPS) is 13.8. The van der Waals surface area contributed by atoms with Crippen LogP contribution in [0.3, 0.4) is 0 Å². The number of thioether (sulfide) groups is 2. The van der Waals surface area contributed by atoms with Gasteiger partial charge >= 0.3 is 0 Å². The summed E-state index contributed by atoms with van der Waals surface area (Å²) in [7, 11) is 0. The summed E-state index contributed by atoms with van der Waals surface area (Å²) in [4.78, 5) is 36.4. The van der Waals surface area contributed by atoms with E-state index in [1.807, 2.05) is 90.7 Å². The van der Waals surface area contributed by atoms with Gasteiger partial charge in [0.05, 0.1) is 4.75 Å². The summed E-state index contributed by atoms with van der Waals surface area (Å²) in [5.74, 6) is 1.18. The van der Waals surface area contributed by atoms with Crippen molar-refractivity contribution in [2.45, 2.75) is 46.5 Å². The Hall–Kier alpha value is -4.24. The van der Waals surface area contributed by atoms with Crippen LogP contribution in [-0.2, 0) is 9.59 Å². The van der Waals surface area contributed by atoms with Gasteiger partial charge in [0.2, 0.25) is 22.1 Å². The van der Waals surface area contributed by atoms with Crippen molar-refractivity contribution < 1.29 is 9.59 Å². The van der Waals surface area contributed by atoms with Crippen molar-refractivity contribution in [1.29, 1.82) is 0 Å². The molecule has 0 radical (unpaired) electrons. The van der Waals surface area contributed by atoms with Crippen LogP contribution in [0, 0.1) is 0 Å². The molecule has 0 spiro atoms. The maximum Gasteiger partial charge on any atom is 0.241 e. The molecule has 0 bridgehead atoms. The summed E-state index contributed by atoms with van der Waals surface area (Å²) in [6, 6.07) is 21.3. The highest BCUT2D eigenvalue weighted by atomic mass is 32.2. The maximum absolute atomic E-state index is 13.2. The first-order valence-electron chi connectivity index (χ1n) is 14.4. The number of hydrogen-bond acceptors (Lipinski definition) is 10. The van der Waals surface area contributed by atoms with E-state index in [1.165, 1.54) is 23.5 Å². The second-order valence-electron chi connectivity index (χ2n) is 11.2. The Morgan fingerprint density at radius 3 is 2.24 bits per heavy atom. The lowest BCUT2D eigenvalue weighted by molar-refractivity contribution is -0.118. The van der Waals surface area contributed by atoms with Gasteiger partial charge in [-0.3, -0.25) is 19.8 Å². The summed E-state index contributed by atoms with van der Waals surface area (Å²) in [6.07, 6.45) is 1.57. The number of aromatic amines is 2. The predicted octanol–water partition coefficient (Wildman–Crippen LogP) is 7.82. The Morgan fingerprint density at radius 1 is 0.826 bits per heavy atom. The minimum atomic E-state index is -0.797. The van der Waals surface area contributed by atoms with E-state index in [2.05, 4.69) is 47.1 Å². The van der Waals surface area contributed by atoms with E-state index in [4.69, 9.17) is 0 Å². The molecule has 1 aliphatic rings. The number of aromatic nitrogens is 6. The summed E-state index contributed by atoms with van der Waals surface area (Å²) < 4.78 is -1.34. The number of para-hydroxylation sites is 1. The number of amides is 2.